The van der Waals surface area contributed by atoms with Crippen molar-refractivity contribution in [1.29, 1.82) is 0 Å². The molecule has 1 aliphatic carbocycles. The Morgan fingerprint density at radius 3 is 2.52 bits per heavy atom. The number of hydrogen-bond acceptors (Lipinski definition) is 5. The van der Waals surface area contributed by atoms with E-state index < -0.39 is 30.0 Å². The lowest BCUT2D eigenvalue weighted by molar-refractivity contribution is -0.160. The third-order valence-electron chi connectivity index (χ3n) is 3.98. The minimum absolute atomic E-state index is 0.0495. The number of carboxylic acids is 1. The number of aliphatic carboxylic acids is 1. The lowest BCUT2D eigenvalue weighted by Crippen LogP contribution is -2.38. The molecule has 0 saturated heterocycles. The molecule has 7 nitrogen and oxygen atoms in total. The summed E-state index contributed by atoms with van der Waals surface area (Å²) in [6.45, 7) is 0.0371. The fourth-order valence-electron chi connectivity index (χ4n) is 2.80. The average molecular weight is 297 g/mol. The van der Waals surface area contributed by atoms with Crippen LogP contribution in [0.5, 0.6) is 0 Å². The molecule has 2 aliphatic rings. The molecule has 1 saturated carbocycles. The third kappa shape index (κ3) is 3.60. The molecule has 0 aromatic rings. The molecule has 21 heavy (non-hydrogen) atoms. The van der Waals surface area contributed by atoms with Crippen LogP contribution in [0.1, 0.15) is 25.7 Å². The summed E-state index contributed by atoms with van der Waals surface area (Å²) in [6.07, 6.45) is 4.25. The summed E-state index contributed by atoms with van der Waals surface area (Å²) in [5, 5.41) is 18.6. The Balaban J connectivity index is 1.81. The lowest BCUT2D eigenvalue weighted by Gasteiger charge is -2.27. The maximum absolute atomic E-state index is 12.0. The molecule has 1 heterocycles. The molecule has 0 radical (unpaired) electrons. The molecule has 2 N–H and O–H groups in total. The van der Waals surface area contributed by atoms with Crippen LogP contribution in [0.3, 0.4) is 0 Å². The molecule has 0 aromatic heterocycles. The van der Waals surface area contributed by atoms with E-state index in [2.05, 4.69) is 0 Å². The quantitative estimate of drug-likeness (QED) is 0.699. The van der Waals surface area contributed by atoms with E-state index in [0.29, 0.717) is 12.8 Å². The highest BCUT2D eigenvalue weighted by Gasteiger charge is 2.36. The van der Waals surface area contributed by atoms with Gasteiger partial charge >= 0.3 is 11.9 Å². The highest BCUT2D eigenvalue weighted by atomic mass is 16.5. The van der Waals surface area contributed by atoms with E-state index in [-0.39, 0.29) is 19.1 Å². The van der Waals surface area contributed by atoms with E-state index in [1.165, 1.54) is 17.1 Å². The summed E-state index contributed by atoms with van der Waals surface area (Å²) in [7, 11) is 0. The van der Waals surface area contributed by atoms with Crippen molar-refractivity contribution in [3.05, 3.63) is 12.2 Å². The minimum atomic E-state index is -0.988. The first-order valence-electron chi connectivity index (χ1n) is 7.07. The molecule has 0 bridgehead atoms. The van der Waals surface area contributed by atoms with Gasteiger partial charge < -0.3 is 19.8 Å². The fourth-order valence-corrected chi connectivity index (χ4v) is 2.80. The number of rotatable bonds is 5. The van der Waals surface area contributed by atoms with Gasteiger partial charge in [-0.2, -0.15) is 0 Å². The first-order valence-corrected chi connectivity index (χ1v) is 7.07. The van der Waals surface area contributed by atoms with Crippen LogP contribution < -0.4 is 0 Å². The van der Waals surface area contributed by atoms with Crippen molar-refractivity contribution in [2.45, 2.75) is 31.9 Å². The van der Waals surface area contributed by atoms with Crippen molar-refractivity contribution in [3.63, 3.8) is 0 Å². The molecular weight excluding hydrogens is 278 g/mol. The van der Waals surface area contributed by atoms with Crippen LogP contribution >= 0.6 is 0 Å². The van der Waals surface area contributed by atoms with Gasteiger partial charge in [0.2, 0.25) is 5.91 Å². The molecule has 116 valence electrons. The van der Waals surface area contributed by atoms with Gasteiger partial charge in [0.15, 0.2) is 0 Å². The highest BCUT2D eigenvalue weighted by molar-refractivity contribution is 5.90. The highest BCUT2D eigenvalue weighted by Crippen LogP contribution is 2.31. The van der Waals surface area contributed by atoms with E-state index in [1.54, 1.807) is 0 Å². The number of nitrogens with zero attached hydrogens (tertiary/aromatic N) is 1. The molecular formula is C14H19NO6. The number of carboxylic acid groups (broad SMARTS) is 1. The summed E-state index contributed by atoms with van der Waals surface area (Å²) in [4.78, 5) is 35.7. The maximum atomic E-state index is 12.0. The number of ether oxygens (including phenoxy) is 1. The molecule has 3 unspecified atom stereocenters. The Hall–Kier alpha value is -1.89. The monoisotopic (exact) mass is 297 g/mol. The first-order chi connectivity index (χ1) is 10.0. The van der Waals surface area contributed by atoms with Crippen molar-refractivity contribution in [2.24, 2.45) is 11.8 Å². The van der Waals surface area contributed by atoms with Crippen LogP contribution in [0.4, 0.5) is 0 Å². The standard InChI is InChI=1S/C14H19NO6/c16-11-5-6-12(17)15(11)7-8-21-14(20)10-4-2-1-3-9(10)13(18)19/h5-6,9-11,16H,1-4,7-8H2,(H,18,19). The van der Waals surface area contributed by atoms with Crippen LogP contribution in [0.2, 0.25) is 0 Å². The molecule has 7 heteroatoms. The lowest BCUT2D eigenvalue weighted by atomic mass is 9.79. The average Bonchev–Trinajstić information content (AvgIpc) is 2.78. The largest absolute Gasteiger partial charge is 0.481 e. The number of carbonyl (C=O) groups is 3. The van der Waals surface area contributed by atoms with Gasteiger partial charge in [-0.1, -0.05) is 12.8 Å². The summed E-state index contributed by atoms with van der Waals surface area (Å²) in [5.74, 6) is -3.14. The number of aliphatic hydroxyl groups excluding tert-OH is 1. The zero-order valence-corrected chi connectivity index (χ0v) is 11.6. The van der Waals surface area contributed by atoms with Crippen LogP contribution in [0.25, 0.3) is 0 Å². The van der Waals surface area contributed by atoms with E-state index in [1.807, 2.05) is 0 Å². The Morgan fingerprint density at radius 2 is 1.95 bits per heavy atom. The van der Waals surface area contributed by atoms with Gasteiger partial charge in [-0.05, 0) is 18.9 Å². The van der Waals surface area contributed by atoms with E-state index in [9.17, 15) is 19.5 Å². The minimum Gasteiger partial charge on any atom is -0.481 e. The first kappa shape index (κ1) is 15.5. The van der Waals surface area contributed by atoms with Gasteiger partial charge in [0.05, 0.1) is 18.4 Å². The molecule has 0 spiro atoms. The van der Waals surface area contributed by atoms with Crippen LogP contribution in [0, 0.1) is 11.8 Å². The van der Waals surface area contributed by atoms with Crippen molar-refractivity contribution >= 4 is 17.8 Å². The molecule has 3 atom stereocenters. The summed E-state index contributed by atoms with van der Waals surface area (Å²) < 4.78 is 5.09. The predicted octanol–water partition coefficient (Wildman–Crippen LogP) is 0.137. The maximum Gasteiger partial charge on any atom is 0.309 e. The van der Waals surface area contributed by atoms with Crippen LogP contribution in [-0.4, -0.2) is 52.3 Å². The zero-order valence-electron chi connectivity index (χ0n) is 11.6. The second kappa shape index (κ2) is 6.71. The van der Waals surface area contributed by atoms with Crippen molar-refractivity contribution in [3.8, 4) is 0 Å². The predicted molar refractivity (Wildman–Crippen MR) is 70.9 cm³/mol. The van der Waals surface area contributed by atoms with Gasteiger partial charge in [-0.3, -0.25) is 14.4 Å². The molecule has 1 amide bonds. The second-order valence-corrected chi connectivity index (χ2v) is 5.31. The number of esters is 1. The number of aliphatic hydroxyl groups is 1. The van der Waals surface area contributed by atoms with Gasteiger partial charge in [0, 0.05) is 6.08 Å². The van der Waals surface area contributed by atoms with E-state index in [0.717, 1.165) is 12.8 Å². The zero-order chi connectivity index (χ0) is 15.4. The Morgan fingerprint density at radius 1 is 1.29 bits per heavy atom. The smallest absolute Gasteiger partial charge is 0.309 e. The van der Waals surface area contributed by atoms with Crippen molar-refractivity contribution in [2.75, 3.05) is 13.2 Å². The Labute approximate surface area is 122 Å². The third-order valence-corrected chi connectivity index (χ3v) is 3.98. The topological polar surface area (TPSA) is 104 Å². The summed E-state index contributed by atoms with van der Waals surface area (Å²) >= 11 is 0. The van der Waals surface area contributed by atoms with Crippen LogP contribution in [0.15, 0.2) is 12.2 Å². The molecule has 2 rings (SSSR count). The van der Waals surface area contributed by atoms with Crippen molar-refractivity contribution < 1.29 is 29.3 Å². The normalized spacial score (nSPS) is 28.7. The number of carbonyl (C=O) groups excluding carboxylic acids is 2. The fraction of sp³-hybridized carbons (Fsp3) is 0.643. The SMILES string of the molecule is O=C(O)C1CCCCC1C(=O)OCCN1C(=O)C=CC1O. The van der Waals surface area contributed by atoms with E-state index >= 15 is 0 Å². The Kier molecular flexibility index (Phi) is 4.95. The number of hydrogen-bond donors (Lipinski definition) is 2. The second-order valence-electron chi connectivity index (χ2n) is 5.31. The number of amides is 1. The molecule has 1 fully saturated rings. The summed E-state index contributed by atoms with van der Waals surface area (Å²) in [6, 6.07) is 0. The Bertz CT molecular complexity index is 460. The van der Waals surface area contributed by atoms with Gasteiger partial charge in [-0.25, -0.2) is 0 Å². The van der Waals surface area contributed by atoms with Gasteiger partial charge in [0.25, 0.3) is 0 Å². The van der Waals surface area contributed by atoms with E-state index in [4.69, 9.17) is 9.84 Å². The van der Waals surface area contributed by atoms with Crippen LogP contribution in [-0.2, 0) is 19.1 Å². The molecule has 1 aliphatic heterocycles. The van der Waals surface area contributed by atoms with Crippen molar-refractivity contribution in [1.82, 2.24) is 4.90 Å². The molecule has 0 aromatic carbocycles. The van der Waals surface area contributed by atoms with Gasteiger partial charge in [-0.15, -0.1) is 0 Å². The van der Waals surface area contributed by atoms with Gasteiger partial charge in [0.1, 0.15) is 12.8 Å². The summed E-state index contributed by atoms with van der Waals surface area (Å²) in [5.41, 5.74) is 0.